The minimum Gasteiger partial charge on any atom is -0.370 e. The smallest absolute Gasteiger partial charge is 0.370 e. The van der Waals surface area contributed by atoms with Crippen LogP contribution in [0.25, 0.3) is 0 Å². The van der Waals surface area contributed by atoms with Gasteiger partial charge in [0, 0.05) is 6.54 Å². The quantitative estimate of drug-likeness (QED) is 0.590. The highest BCUT2D eigenvalue weighted by Gasteiger charge is 2.27. The molecule has 0 saturated carbocycles. The van der Waals surface area contributed by atoms with E-state index < -0.39 is 30.8 Å². The van der Waals surface area contributed by atoms with Crippen molar-refractivity contribution in [3.05, 3.63) is 0 Å². The van der Waals surface area contributed by atoms with Crippen LogP contribution in [0.5, 0.6) is 0 Å². The zero-order valence-electron chi connectivity index (χ0n) is 10.7. The Bertz CT molecular complexity index is 308. The number of ether oxygens (including phenoxy) is 1. The number of hydrogen-bond acceptors (Lipinski definition) is 3. The van der Waals surface area contributed by atoms with Gasteiger partial charge in [-0.2, -0.15) is 13.2 Å². The van der Waals surface area contributed by atoms with Crippen LogP contribution in [0.2, 0.25) is 0 Å². The number of alkyl halides is 3. The van der Waals surface area contributed by atoms with Crippen molar-refractivity contribution in [2.75, 3.05) is 19.8 Å². The number of nitrogens with one attached hydrogen (secondary N) is 2. The van der Waals surface area contributed by atoms with E-state index in [1.54, 1.807) is 13.8 Å². The molecule has 0 aromatic heterocycles. The first kappa shape index (κ1) is 17.5. The Morgan fingerprint density at radius 3 is 2.32 bits per heavy atom. The second kappa shape index (κ2) is 7.82. The number of carbonyl (C=O) groups is 2. The molecule has 0 aromatic carbocycles. The van der Waals surface area contributed by atoms with Gasteiger partial charge in [-0.3, -0.25) is 4.79 Å². The summed E-state index contributed by atoms with van der Waals surface area (Å²) in [7, 11) is 0. The molecule has 3 amide bonds. The maximum Gasteiger partial charge on any atom is 0.411 e. The number of hydrogen-bond donors (Lipinski definition) is 3. The van der Waals surface area contributed by atoms with E-state index in [0.29, 0.717) is 0 Å². The third-order valence-corrected chi connectivity index (χ3v) is 2.06. The standard InChI is InChI=1S/C10H18F3N3O3/c1-6(2)7(16-9(14)18)8(17)15-3-4-19-5-10(11,12)13/h6-7H,3-5H2,1-2H3,(H,15,17)(H3,14,16,18)/t7-/m0/s1. The third-order valence-electron chi connectivity index (χ3n) is 2.06. The fourth-order valence-electron chi connectivity index (χ4n) is 1.23. The Morgan fingerprint density at radius 2 is 1.89 bits per heavy atom. The molecule has 9 heteroatoms. The molecule has 0 heterocycles. The van der Waals surface area contributed by atoms with Gasteiger partial charge in [0.15, 0.2) is 0 Å². The van der Waals surface area contributed by atoms with Crippen LogP contribution in [0.4, 0.5) is 18.0 Å². The van der Waals surface area contributed by atoms with Crippen molar-refractivity contribution < 1.29 is 27.5 Å². The number of rotatable bonds is 7. The molecule has 0 rings (SSSR count). The van der Waals surface area contributed by atoms with E-state index in [1.807, 2.05) is 0 Å². The molecule has 112 valence electrons. The predicted octanol–water partition coefficient (Wildman–Crippen LogP) is 0.374. The molecule has 0 unspecified atom stereocenters. The van der Waals surface area contributed by atoms with Crippen LogP contribution in [-0.4, -0.2) is 43.9 Å². The lowest BCUT2D eigenvalue weighted by atomic mass is 10.0. The monoisotopic (exact) mass is 285 g/mol. The van der Waals surface area contributed by atoms with Crippen LogP contribution in [0.3, 0.4) is 0 Å². The van der Waals surface area contributed by atoms with E-state index in [-0.39, 0.29) is 19.1 Å². The Balaban J connectivity index is 3.97. The van der Waals surface area contributed by atoms with Crippen LogP contribution in [0.1, 0.15) is 13.8 Å². The van der Waals surface area contributed by atoms with Crippen LogP contribution in [0.15, 0.2) is 0 Å². The van der Waals surface area contributed by atoms with Gasteiger partial charge in [-0.15, -0.1) is 0 Å². The normalized spacial score (nSPS) is 13.2. The molecule has 1 atom stereocenters. The zero-order chi connectivity index (χ0) is 15.1. The van der Waals surface area contributed by atoms with Gasteiger partial charge in [0.2, 0.25) is 5.91 Å². The SMILES string of the molecule is CC(C)[C@H](NC(N)=O)C(=O)NCCOCC(F)(F)F. The van der Waals surface area contributed by atoms with Crippen molar-refractivity contribution in [3.8, 4) is 0 Å². The highest BCUT2D eigenvalue weighted by atomic mass is 19.4. The van der Waals surface area contributed by atoms with Crippen molar-refractivity contribution in [3.63, 3.8) is 0 Å². The van der Waals surface area contributed by atoms with E-state index in [1.165, 1.54) is 0 Å². The Labute approximate surface area is 108 Å². The fraction of sp³-hybridized carbons (Fsp3) is 0.800. The summed E-state index contributed by atoms with van der Waals surface area (Å²) in [4.78, 5) is 22.3. The summed E-state index contributed by atoms with van der Waals surface area (Å²) in [5.74, 6) is -0.729. The minimum atomic E-state index is -4.39. The van der Waals surface area contributed by atoms with Crippen molar-refractivity contribution in [2.24, 2.45) is 11.7 Å². The fourth-order valence-corrected chi connectivity index (χ4v) is 1.23. The highest BCUT2D eigenvalue weighted by molar-refractivity contribution is 5.86. The summed E-state index contributed by atoms with van der Waals surface area (Å²) in [6, 6.07) is -1.68. The Morgan fingerprint density at radius 1 is 1.32 bits per heavy atom. The molecule has 0 fully saturated rings. The lowest BCUT2D eigenvalue weighted by molar-refractivity contribution is -0.173. The maximum atomic E-state index is 11.7. The van der Waals surface area contributed by atoms with Gasteiger partial charge in [0.05, 0.1) is 6.61 Å². The minimum absolute atomic E-state index is 0.0847. The molecule has 0 aliphatic rings. The van der Waals surface area contributed by atoms with Crippen LogP contribution >= 0.6 is 0 Å². The van der Waals surface area contributed by atoms with Crippen molar-refractivity contribution in [1.29, 1.82) is 0 Å². The first-order valence-electron chi connectivity index (χ1n) is 5.61. The number of primary amides is 1. The molecule has 4 N–H and O–H groups in total. The summed E-state index contributed by atoms with van der Waals surface area (Å²) in [5, 5.41) is 4.60. The molecule has 0 bridgehead atoms. The molecular formula is C10H18F3N3O3. The number of carbonyl (C=O) groups excluding carboxylic acids is 2. The molecule has 0 spiro atoms. The molecule has 0 aliphatic carbocycles. The number of halogens is 3. The van der Waals surface area contributed by atoms with E-state index in [4.69, 9.17) is 5.73 Å². The molecule has 6 nitrogen and oxygen atoms in total. The number of urea groups is 1. The van der Waals surface area contributed by atoms with Gasteiger partial charge >= 0.3 is 12.2 Å². The first-order valence-corrected chi connectivity index (χ1v) is 5.61. The van der Waals surface area contributed by atoms with Crippen LogP contribution < -0.4 is 16.4 Å². The topological polar surface area (TPSA) is 93.5 Å². The summed E-state index contributed by atoms with van der Waals surface area (Å²) in [6.45, 7) is 1.67. The van der Waals surface area contributed by atoms with Gasteiger partial charge < -0.3 is 21.1 Å². The molecule has 0 saturated heterocycles. The molecule has 0 radical (unpaired) electrons. The lowest BCUT2D eigenvalue weighted by Gasteiger charge is -2.20. The summed E-state index contributed by atoms with van der Waals surface area (Å²) in [6.07, 6.45) is -4.39. The number of nitrogens with two attached hydrogens (primary N) is 1. The third kappa shape index (κ3) is 9.11. The van der Waals surface area contributed by atoms with Crippen molar-refractivity contribution in [2.45, 2.75) is 26.1 Å². The summed E-state index contributed by atoms with van der Waals surface area (Å²) in [5.41, 5.74) is 4.91. The van der Waals surface area contributed by atoms with Gasteiger partial charge in [-0.25, -0.2) is 4.79 Å². The second-order valence-corrected chi connectivity index (χ2v) is 4.19. The van der Waals surface area contributed by atoms with E-state index in [2.05, 4.69) is 15.4 Å². The van der Waals surface area contributed by atoms with Crippen LogP contribution in [0, 0.1) is 5.92 Å². The van der Waals surface area contributed by atoms with Gasteiger partial charge in [-0.1, -0.05) is 13.8 Å². The molecular weight excluding hydrogens is 267 g/mol. The van der Waals surface area contributed by atoms with E-state index >= 15 is 0 Å². The van der Waals surface area contributed by atoms with Crippen molar-refractivity contribution >= 4 is 11.9 Å². The summed E-state index contributed by atoms with van der Waals surface area (Å²) >= 11 is 0. The first-order chi connectivity index (χ1) is 8.63. The average Bonchev–Trinajstić information content (AvgIpc) is 2.22. The van der Waals surface area contributed by atoms with E-state index in [9.17, 15) is 22.8 Å². The summed E-state index contributed by atoms with van der Waals surface area (Å²) < 4.78 is 39.6. The average molecular weight is 285 g/mol. The lowest BCUT2D eigenvalue weighted by Crippen LogP contribution is -2.51. The van der Waals surface area contributed by atoms with Gasteiger partial charge in [-0.05, 0) is 5.92 Å². The Hall–Kier alpha value is -1.51. The zero-order valence-corrected chi connectivity index (χ0v) is 10.7. The molecule has 0 aliphatic heterocycles. The predicted molar refractivity (Wildman–Crippen MR) is 61.2 cm³/mol. The number of amides is 3. The van der Waals surface area contributed by atoms with Gasteiger partial charge in [0.25, 0.3) is 0 Å². The molecule has 19 heavy (non-hydrogen) atoms. The van der Waals surface area contributed by atoms with Gasteiger partial charge in [0.1, 0.15) is 12.6 Å². The second-order valence-electron chi connectivity index (χ2n) is 4.19. The molecule has 0 aromatic rings. The van der Waals surface area contributed by atoms with Crippen molar-refractivity contribution in [1.82, 2.24) is 10.6 Å². The maximum absolute atomic E-state index is 11.7. The van der Waals surface area contributed by atoms with Crippen LogP contribution in [-0.2, 0) is 9.53 Å². The Kier molecular flexibility index (Phi) is 7.20. The van der Waals surface area contributed by atoms with E-state index in [0.717, 1.165) is 0 Å². The largest absolute Gasteiger partial charge is 0.411 e. The highest BCUT2D eigenvalue weighted by Crippen LogP contribution is 2.13.